The molecule has 2 heterocycles. The molecule has 1 unspecified atom stereocenters. The Morgan fingerprint density at radius 3 is 2.84 bits per heavy atom. The Labute approximate surface area is 121 Å². The summed E-state index contributed by atoms with van der Waals surface area (Å²) in [5.74, 6) is 1.60. The van der Waals surface area contributed by atoms with Crippen LogP contribution >= 0.6 is 15.9 Å². The van der Waals surface area contributed by atoms with E-state index in [9.17, 15) is 0 Å². The van der Waals surface area contributed by atoms with Gasteiger partial charge in [0.2, 0.25) is 0 Å². The summed E-state index contributed by atoms with van der Waals surface area (Å²) in [5.41, 5.74) is 1.39. The Morgan fingerprint density at radius 2 is 2.05 bits per heavy atom. The molecule has 0 spiro atoms. The molecular weight excluding hydrogens is 304 g/mol. The van der Waals surface area contributed by atoms with Gasteiger partial charge in [-0.05, 0) is 5.56 Å². The molecule has 0 aliphatic carbocycles. The van der Waals surface area contributed by atoms with Gasteiger partial charge in [0.1, 0.15) is 12.2 Å². The highest BCUT2D eigenvalue weighted by atomic mass is 79.9. The number of rotatable bonds is 4. The number of nitrogens with zero attached hydrogens (tertiary/aromatic N) is 4. The first-order valence-corrected chi connectivity index (χ1v) is 7.69. The molecule has 19 heavy (non-hydrogen) atoms. The van der Waals surface area contributed by atoms with Crippen LogP contribution in [0.5, 0.6) is 0 Å². The van der Waals surface area contributed by atoms with E-state index in [0.717, 1.165) is 37.3 Å². The van der Waals surface area contributed by atoms with Crippen LogP contribution in [0.15, 0.2) is 36.7 Å². The van der Waals surface area contributed by atoms with Crippen molar-refractivity contribution < 1.29 is 0 Å². The Hall–Kier alpha value is -1.20. The maximum absolute atomic E-state index is 4.17. The van der Waals surface area contributed by atoms with E-state index >= 15 is 0 Å². The number of hydrogen-bond acceptors (Lipinski definition) is 3. The van der Waals surface area contributed by atoms with Crippen LogP contribution in [0.4, 0.5) is 0 Å². The van der Waals surface area contributed by atoms with E-state index in [4.69, 9.17) is 0 Å². The summed E-state index contributed by atoms with van der Waals surface area (Å²) in [6, 6.07) is 10.7. The standard InChI is InChI=1S/C14H17BrN4/c15-8-13(12-4-2-1-3-5-12)9-18-6-7-19-11-16-17-14(19)10-18/h1-5,11,13H,6-10H2. The Kier molecular flexibility index (Phi) is 3.94. The molecule has 0 saturated carbocycles. The van der Waals surface area contributed by atoms with Gasteiger partial charge in [-0.1, -0.05) is 46.3 Å². The van der Waals surface area contributed by atoms with Crippen molar-refractivity contribution in [2.45, 2.75) is 19.0 Å². The van der Waals surface area contributed by atoms with Gasteiger partial charge >= 0.3 is 0 Å². The van der Waals surface area contributed by atoms with Crippen LogP contribution in [0.1, 0.15) is 17.3 Å². The molecule has 0 bridgehead atoms. The fourth-order valence-electron chi connectivity index (χ4n) is 2.55. The minimum Gasteiger partial charge on any atom is -0.315 e. The molecule has 1 aromatic heterocycles. The lowest BCUT2D eigenvalue weighted by Gasteiger charge is -2.30. The molecule has 3 rings (SSSR count). The molecule has 0 amide bonds. The smallest absolute Gasteiger partial charge is 0.147 e. The van der Waals surface area contributed by atoms with E-state index in [1.54, 1.807) is 0 Å². The van der Waals surface area contributed by atoms with Gasteiger partial charge in [0.15, 0.2) is 0 Å². The van der Waals surface area contributed by atoms with Crippen molar-refractivity contribution in [3.63, 3.8) is 0 Å². The zero-order chi connectivity index (χ0) is 13.1. The second kappa shape index (κ2) is 5.84. The Balaban J connectivity index is 1.68. The van der Waals surface area contributed by atoms with Crippen molar-refractivity contribution >= 4 is 15.9 Å². The number of hydrogen-bond donors (Lipinski definition) is 0. The van der Waals surface area contributed by atoms with Gasteiger partial charge in [-0.25, -0.2) is 0 Å². The van der Waals surface area contributed by atoms with Gasteiger partial charge < -0.3 is 4.57 Å². The van der Waals surface area contributed by atoms with E-state index < -0.39 is 0 Å². The zero-order valence-electron chi connectivity index (χ0n) is 10.7. The lowest BCUT2D eigenvalue weighted by molar-refractivity contribution is 0.208. The lowest BCUT2D eigenvalue weighted by Crippen LogP contribution is -2.36. The summed E-state index contributed by atoms with van der Waals surface area (Å²) in [5, 5.41) is 9.13. The summed E-state index contributed by atoms with van der Waals surface area (Å²) in [7, 11) is 0. The summed E-state index contributed by atoms with van der Waals surface area (Å²) in [4.78, 5) is 2.46. The summed E-state index contributed by atoms with van der Waals surface area (Å²) >= 11 is 3.64. The predicted octanol–water partition coefficient (Wildman–Crippen LogP) is 2.27. The third kappa shape index (κ3) is 2.87. The minimum atomic E-state index is 0.524. The van der Waals surface area contributed by atoms with Crippen LogP contribution in [-0.4, -0.2) is 38.1 Å². The normalized spacial score (nSPS) is 17.1. The number of aromatic nitrogens is 3. The third-order valence-electron chi connectivity index (χ3n) is 3.65. The molecule has 4 nitrogen and oxygen atoms in total. The fourth-order valence-corrected chi connectivity index (χ4v) is 3.13. The zero-order valence-corrected chi connectivity index (χ0v) is 12.3. The van der Waals surface area contributed by atoms with Crippen molar-refractivity contribution in [3.8, 4) is 0 Å². The molecule has 5 heteroatoms. The van der Waals surface area contributed by atoms with Crippen molar-refractivity contribution in [3.05, 3.63) is 48.0 Å². The fraction of sp³-hybridized carbons (Fsp3) is 0.429. The van der Waals surface area contributed by atoms with E-state index in [2.05, 4.69) is 65.9 Å². The topological polar surface area (TPSA) is 34.0 Å². The molecule has 1 aliphatic heterocycles. The Bertz CT molecular complexity index is 525. The van der Waals surface area contributed by atoms with Crippen molar-refractivity contribution in [2.24, 2.45) is 0 Å². The monoisotopic (exact) mass is 320 g/mol. The molecule has 100 valence electrons. The largest absolute Gasteiger partial charge is 0.315 e. The van der Waals surface area contributed by atoms with Gasteiger partial charge in [0.25, 0.3) is 0 Å². The van der Waals surface area contributed by atoms with Crippen LogP contribution in [-0.2, 0) is 13.1 Å². The molecular formula is C14H17BrN4. The predicted molar refractivity (Wildman–Crippen MR) is 78.3 cm³/mol. The van der Waals surface area contributed by atoms with Gasteiger partial charge in [-0.2, -0.15) is 0 Å². The number of halogens is 1. The summed E-state index contributed by atoms with van der Waals surface area (Å²) in [6.45, 7) is 4.02. The Morgan fingerprint density at radius 1 is 1.21 bits per heavy atom. The maximum Gasteiger partial charge on any atom is 0.147 e. The molecule has 1 aromatic carbocycles. The number of fused-ring (bicyclic) bond motifs is 1. The minimum absolute atomic E-state index is 0.524. The van der Waals surface area contributed by atoms with Gasteiger partial charge in [-0.15, -0.1) is 10.2 Å². The molecule has 2 aromatic rings. The van der Waals surface area contributed by atoms with Crippen LogP contribution in [0.2, 0.25) is 0 Å². The van der Waals surface area contributed by atoms with E-state index in [1.165, 1.54) is 5.56 Å². The van der Waals surface area contributed by atoms with Gasteiger partial charge in [0, 0.05) is 30.9 Å². The maximum atomic E-state index is 4.17. The highest BCUT2D eigenvalue weighted by Crippen LogP contribution is 2.21. The first kappa shape index (κ1) is 12.8. The number of alkyl halides is 1. The average Bonchev–Trinajstić information content (AvgIpc) is 2.93. The van der Waals surface area contributed by atoms with Crippen LogP contribution in [0.3, 0.4) is 0 Å². The quantitative estimate of drug-likeness (QED) is 0.810. The van der Waals surface area contributed by atoms with Crippen LogP contribution in [0.25, 0.3) is 0 Å². The van der Waals surface area contributed by atoms with Crippen LogP contribution in [0, 0.1) is 0 Å². The third-order valence-corrected chi connectivity index (χ3v) is 4.44. The molecule has 0 N–H and O–H groups in total. The molecule has 0 saturated heterocycles. The van der Waals surface area contributed by atoms with E-state index in [1.807, 2.05) is 6.33 Å². The second-order valence-electron chi connectivity index (χ2n) is 4.94. The first-order valence-electron chi connectivity index (χ1n) is 6.57. The molecule has 1 aliphatic rings. The highest BCUT2D eigenvalue weighted by molar-refractivity contribution is 9.09. The van der Waals surface area contributed by atoms with E-state index in [-0.39, 0.29) is 0 Å². The average molecular weight is 321 g/mol. The van der Waals surface area contributed by atoms with E-state index in [0.29, 0.717) is 5.92 Å². The highest BCUT2D eigenvalue weighted by Gasteiger charge is 2.21. The molecule has 0 fully saturated rings. The molecule has 0 radical (unpaired) electrons. The SMILES string of the molecule is BrCC(CN1CCn2cnnc2C1)c1ccccc1. The summed E-state index contributed by atoms with van der Waals surface area (Å²) < 4.78 is 2.14. The van der Waals surface area contributed by atoms with Gasteiger partial charge in [0.05, 0.1) is 6.54 Å². The summed E-state index contributed by atoms with van der Waals surface area (Å²) in [6.07, 6.45) is 1.83. The van der Waals surface area contributed by atoms with Crippen molar-refractivity contribution in [1.82, 2.24) is 19.7 Å². The first-order chi connectivity index (χ1) is 9.36. The van der Waals surface area contributed by atoms with Crippen LogP contribution < -0.4 is 0 Å². The van der Waals surface area contributed by atoms with Gasteiger partial charge in [-0.3, -0.25) is 4.90 Å². The molecule has 1 atom stereocenters. The number of benzene rings is 1. The second-order valence-corrected chi connectivity index (χ2v) is 5.59. The lowest BCUT2D eigenvalue weighted by atomic mass is 10.0. The van der Waals surface area contributed by atoms with Crippen molar-refractivity contribution in [2.75, 3.05) is 18.4 Å². The van der Waals surface area contributed by atoms with Crippen molar-refractivity contribution in [1.29, 1.82) is 0 Å².